The standard InChI is InChI=1S/C22H25N3O5/c1-16(26)30-22-20(15-27-12-17-8-4-2-5-9-17)28-14-19(24-25-23)21(22)29-13-18-10-6-3-7-11-18/h2-11,19-22H,12-15H2,1H3/t19?,20?,21?,22-/m1/s1. The highest BCUT2D eigenvalue weighted by molar-refractivity contribution is 5.66. The molecule has 0 bridgehead atoms. The second-order valence-corrected chi connectivity index (χ2v) is 6.98. The maximum atomic E-state index is 11.8. The number of ether oxygens (including phenoxy) is 4. The molecule has 3 unspecified atom stereocenters. The van der Waals surface area contributed by atoms with E-state index in [-0.39, 0.29) is 19.8 Å². The molecular weight excluding hydrogens is 386 g/mol. The molecule has 1 heterocycles. The van der Waals surface area contributed by atoms with Crippen LogP contribution >= 0.6 is 0 Å². The zero-order valence-corrected chi connectivity index (χ0v) is 16.8. The van der Waals surface area contributed by atoms with Gasteiger partial charge in [0.15, 0.2) is 6.10 Å². The molecule has 3 rings (SSSR count). The summed E-state index contributed by atoms with van der Waals surface area (Å²) in [6.45, 7) is 2.39. The summed E-state index contributed by atoms with van der Waals surface area (Å²) < 4.78 is 23.2. The zero-order valence-electron chi connectivity index (χ0n) is 16.8. The van der Waals surface area contributed by atoms with E-state index < -0.39 is 30.3 Å². The van der Waals surface area contributed by atoms with Crippen molar-refractivity contribution in [3.05, 3.63) is 82.2 Å². The molecule has 2 aromatic rings. The number of carbonyl (C=O) groups excluding carboxylic acids is 1. The van der Waals surface area contributed by atoms with E-state index in [1.807, 2.05) is 60.7 Å². The van der Waals surface area contributed by atoms with Crippen LogP contribution in [0.25, 0.3) is 10.4 Å². The number of carbonyl (C=O) groups is 1. The lowest BCUT2D eigenvalue weighted by atomic mass is 9.98. The number of hydrogen-bond acceptors (Lipinski definition) is 6. The average molecular weight is 411 g/mol. The van der Waals surface area contributed by atoms with Crippen molar-refractivity contribution in [3.8, 4) is 0 Å². The van der Waals surface area contributed by atoms with Gasteiger partial charge >= 0.3 is 5.97 Å². The van der Waals surface area contributed by atoms with Crippen molar-refractivity contribution in [3.63, 3.8) is 0 Å². The van der Waals surface area contributed by atoms with Gasteiger partial charge in [0.25, 0.3) is 0 Å². The van der Waals surface area contributed by atoms with Gasteiger partial charge in [-0.05, 0) is 16.7 Å². The summed E-state index contributed by atoms with van der Waals surface area (Å²) in [4.78, 5) is 14.7. The second kappa shape index (κ2) is 11.3. The fourth-order valence-corrected chi connectivity index (χ4v) is 3.33. The van der Waals surface area contributed by atoms with Crippen LogP contribution in [0, 0.1) is 0 Å². The molecule has 0 spiro atoms. The van der Waals surface area contributed by atoms with Gasteiger partial charge in [-0.3, -0.25) is 4.79 Å². The summed E-state index contributed by atoms with van der Waals surface area (Å²) in [5.41, 5.74) is 10.9. The molecule has 8 nitrogen and oxygen atoms in total. The lowest BCUT2D eigenvalue weighted by Gasteiger charge is -2.40. The number of hydrogen-bond donors (Lipinski definition) is 0. The van der Waals surface area contributed by atoms with Crippen LogP contribution < -0.4 is 0 Å². The largest absolute Gasteiger partial charge is 0.457 e. The van der Waals surface area contributed by atoms with Crippen LogP contribution in [0.2, 0.25) is 0 Å². The SMILES string of the molecule is CC(=O)O[C@@H]1C(COCc2ccccc2)OCC(N=[N+]=[N-])C1OCc1ccccc1. The molecule has 0 saturated carbocycles. The van der Waals surface area contributed by atoms with Gasteiger partial charge in [0.2, 0.25) is 0 Å². The third-order valence-electron chi connectivity index (χ3n) is 4.73. The first kappa shape index (κ1) is 21.8. The summed E-state index contributed by atoms with van der Waals surface area (Å²) in [7, 11) is 0. The van der Waals surface area contributed by atoms with Gasteiger partial charge in [-0.25, -0.2) is 0 Å². The molecule has 4 atom stereocenters. The fourth-order valence-electron chi connectivity index (χ4n) is 3.33. The topological polar surface area (TPSA) is 103 Å². The summed E-state index contributed by atoms with van der Waals surface area (Å²) in [5, 5.41) is 3.80. The Hall–Kier alpha value is -2.90. The third kappa shape index (κ3) is 6.30. The van der Waals surface area contributed by atoms with Crippen LogP contribution in [0.4, 0.5) is 0 Å². The highest BCUT2D eigenvalue weighted by Gasteiger charge is 2.43. The first-order valence-corrected chi connectivity index (χ1v) is 9.77. The Kier molecular flexibility index (Phi) is 8.23. The molecule has 158 valence electrons. The lowest BCUT2D eigenvalue weighted by Crippen LogP contribution is -2.56. The Balaban J connectivity index is 1.70. The Morgan fingerprint density at radius 2 is 1.70 bits per heavy atom. The molecule has 0 N–H and O–H groups in total. The predicted molar refractivity (Wildman–Crippen MR) is 109 cm³/mol. The Morgan fingerprint density at radius 3 is 2.30 bits per heavy atom. The van der Waals surface area contributed by atoms with Crippen LogP contribution in [0.1, 0.15) is 18.1 Å². The van der Waals surface area contributed by atoms with E-state index in [9.17, 15) is 4.79 Å². The predicted octanol–water partition coefficient (Wildman–Crippen LogP) is 3.80. The van der Waals surface area contributed by atoms with Crippen molar-refractivity contribution in [1.29, 1.82) is 0 Å². The smallest absolute Gasteiger partial charge is 0.303 e. The van der Waals surface area contributed by atoms with Crippen molar-refractivity contribution in [1.82, 2.24) is 0 Å². The zero-order chi connectivity index (χ0) is 21.2. The molecule has 0 aliphatic carbocycles. The van der Waals surface area contributed by atoms with Crippen LogP contribution in [0.3, 0.4) is 0 Å². The Bertz CT molecular complexity index is 842. The first-order valence-electron chi connectivity index (χ1n) is 9.77. The van der Waals surface area contributed by atoms with Crippen molar-refractivity contribution in [2.75, 3.05) is 13.2 Å². The lowest BCUT2D eigenvalue weighted by molar-refractivity contribution is -0.204. The quantitative estimate of drug-likeness (QED) is 0.270. The van der Waals surface area contributed by atoms with Gasteiger partial charge < -0.3 is 18.9 Å². The first-order chi connectivity index (χ1) is 14.7. The van der Waals surface area contributed by atoms with E-state index in [0.717, 1.165) is 11.1 Å². The van der Waals surface area contributed by atoms with Crippen molar-refractivity contribution in [2.45, 2.75) is 44.5 Å². The van der Waals surface area contributed by atoms with Gasteiger partial charge in [-0.2, -0.15) is 0 Å². The molecule has 2 aromatic carbocycles. The van der Waals surface area contributed by atoms with Crippen LogP contribution in [-0.2, 0) is 37.0 Å². The van der Waals surface area contributed by atoms with E-state index in [1.165, 1.54) is 6.92 Å². The molecule has 1 aliphatic rings. The summed E-state index contributed by atoms with van der Waals surface area (Å²) in [6, 6.07) is 18.8. The highest BCUT2D eigenvalue weighted by atomic mass is 16.6. The van der Waals surface area contributed by atoms with E-state index in [1.54, 1.807) is 0 Å². The molecule has 1 aliphatic heterocycles. The summed E-state index contributed by atoms with van der Waals surface area (Å²) in [5.74, 6) is -0.466. The Labute approximate surface area is 175 Å². The molecule has 1 fully saturated rings. The highest BCUT2D eigenvalue weighted by Crippen LogP contribution is 2.26. The number of azide groups is 1. The molecule has 0 aromatic heterocycles. The van der Waals surface area contributed by atoms with E-state index in [2.05, 4.69) is 10.0 Å². The summed E-state index contributed by atoms with van der Waals surface area (Å²) in [6.07, 6.45) is -1.95. The van der Waals surface area contributed by atoms with Gasteiger partial charge in [0.05, 0.1) is 32.5 Å². The minimum Gasteiger partial charge on any atom is -0.457 e. The van der Waals surface area contributed by atoms with Crippen LogP contribution in [0.15, 0.2) is 65.8 Å². The molecular formula is C22H25N3O5. The van der Waals surface area contributed by atoms with Crippen molar-refractivity contribution < 1.29 is 23.7 Å². The molecule has 0 radical (unpaired) electrons. The van der Waals surface area contributed by atoms with E-state index in [0.29, 0.717) is 6.61 Å². The number of esters is 1. The van der Waals surface area contributed by atoms with Crippen molar-refractivity contribution >= 4 is 5.97 Å². The normalized spacial score (nSPS) is 23.4. The van der Waals surface area contributed by atoms with E-state index >= 15 is 0 Å². The Morgan fingerprint density at radius 1 is 1.07 bits per heavy atom. The van der Waals surface area contributed by atoms with Gasteiger partial charge in [-0.15, -0.1) is 0 Å². The summed E-state index contributed by atoms with van der Waals surface area (Å²) >= 11 is 0. The maximum Gasteiger partial charge on any atom is 0.303 e. The van der Waals surface area contributed by atoms with Gasteiger partial charge in [0, 0.05) is 11.8 Å². The van der Waals surface area contributed by atoms with Crippen LogP contribution in [0.5, 0.6) is 0 Å². The number of rotatable bonds is 9. The van der Waals surface area contributed by atoms with Crippen molar-refractivity contribution in [2.24, 2.45) is 5.11 Å². The van der Waals surface area contributed by atoms with E-state index in [4.69, 9.17) is 24.5 Å². The van der Waals surface area contributed by atoms with Gasteiger partial charge in [0.1, 0.15) is 12.2 Å². The molecule has 1 saturated heterocycles. The molecule has 0 amide bonds. The average Bonchev–Trinajstić information content (AvgIpc) is 2.76. The molecule has 30 heavy (non-hydrogen) atoms. The number of nitrogens with zero attached hydrogens (tertiary/aromatic N) is 3. The van der Waals surface area contributed by atoms with Gasteiger partial charge in [-0.1, -0.05) is 65.8 Å². The molecule has 8 heteroatoms. The van der Waals surface area contributed by atoms with Crippen LogP contribution in [-0.4, -0.2) is 43.5 Å². The minimum absolute atomic E-state index is 0.153. The third-order valence-corrected chi connectivity index (χ3v) is 4.73. The maximum absolute atomic E-state index is 11.8. The monoisotopic (exact) mass is 411 g/mol. The second-order valence-electron chi connectivity index (χ2n) is 6.98. The minimum atomic E-state index is -0.758. The number of benzene rings is 2. The fraction of sp³-hybridized carbons (Fsp3) is 0.409.